The molecule has 11 unspecified atom stereocenters. The Hall–Kier alpha value is -2.05. The summed E-state index contributed by atoms with van der Waals surface area (Å²) >= 11 is 0. The fraction of sp³-hybridized carbons (Fsp3) is 0.855. The Labute approximate surface area is 461 Å². The molecule has 7 N–H and O–H groups in total. The number of aliphatic hydroxyl groups excluding tert-OH is 7. The normalized spacial score (nSPS) is 24.8. The highest BCUT2D eigenvalue weighted by Gasteiger charge is 2.47. The van der Waals surface area contributed by atoms with Crippen LogP contribution in [0, 0.1) is 0 Å². The lowest BCUT2D eigenvalue weighted by Gasteiger charge is -2.42. The molecule has 2 rings (SSSR count). The van der Waals surface area contributed by atoms with Crippen molar-refractivity contribution in [2.45, 2.75) is 306 Å². The lowest BCUT2D eigenvalue weighted by molar-refractivity contribution is -0.332. The summed E-state index contributed by atoms with van der Waals surface area (Å²) in [6, 6.07) is 0. The average Bonchev–Trinajstić information content (AvgIpc) is 3.42. The zero-order valence-electron chi connectivity index (χ0n) is 47.7. The van der Waals surface area contributed by atoms with Crippen LogP contribution in [0.3, 0.4) is 0 Å². The SMILES string of the molecule is CC/C=C\C/C=C\C/C=C\C/C=C\CCCCCCCOCC(COC1OC(COC2OC(CO)C(O)C(O)C2O)C(O)C(O)C1O)OC(=O)CCCCCCCCCCCCCCCCCCCCCCCCCC. The second-order valence-corrected chi connectivity index (χ2v) is 21.5. The molecular weight excluding hydrogens is 969 g/mol. The third kappa shape index (κ3) is 34.8. The van der Waals surface area contributed by atoms with Gasteiger partial charge in [-0.05, 0) is 51.4 Å². The standard InChI is InChI=1S/C62H112O14/c1-3-5-7-9-11-13-15-17-19-21-23-24-25-26-27-28-29-31-33-35-37-39-41-43-45-54(64)74-51(48-71-46-44-42-40-38-36-34-32-30-22-20-18-16-14-12-10-8-6-4-2)49-72-61-60(70)58(68)56(66)53(76-61)50-73-62-59(69)57(67)55(65)52(47-63)75-62/h6,8,12,14,18,20,30,32,51-53,55-63,65-70H,3-5,7,9-11,13,15-17,19,21-29,31,33-50H2,1-2H3/b8-6-,14-12-,20-18-,32-30-. The molecule has 0 bridgehead atoms. The molecule has 14 nitrogen and oxygen atoms in total. The molecule has 0 radical (unpaired) electrons. The number of unbranched alkanes of at least 4 members (excludes halogenated alkanes) is 28. The number of ether oxygens (including phenoxy) is 6. The van der Waals surface area contributed by atoms with E-state index in [2.05, 4.69) is 62.5 Å². The van der Waals surface area contributed by atoms with Gasteiger partial charge in [0.15, 0.2) is 12.6 Å². The van der Waals surface area contributed by atoms with E-state index in [0.717, 1.165) is 83.5 Å². The van der Waals surface area contributed by atoms with E-state index in [1.807, 2.05) is 0 Å². The first-order valence-electron chi connectivity index (χ1n) is 30.7. The number of hydrogen-bond acceptors (Lipinski definition) is 14. The Morgan fingerprint density at radius 3 is 1.34 bits per heavy atom. The Morgan fingerprint density at radius 1 is 0.447 bits per heavy atom. The Morgan fingerprint density at radius 2 is 0.855 bits per heavy atom. The van der Waals surface area contributed by atoms with Gasteiger partial charge in [0.1, 0.15) is 54.9 Å². The molecular formula is C62H112O14. The zero-order valence-corrected chi connectivity index (χ0v) is 47.7. The van der Waals surface area contributed by atoms with Crippen LogP contribution in [-0.4, -0.2) is 142 Å². The first-order valence-corrected chi connectivity index (χ1v) is 30.7. The lowest BCUT2D eigenvalue weighted by atomic mass is 9.98. The molecule has 0 aliphatic carbocycles. The highest BCUT2D eigenvalue weighted by atomic mass is 16.7. The van der Waals surface area contributed by atoms with Crippen LogP contribution < -0.4 is 0 Å². The van der Waals surface area contributed by atoms with Crippen LogP contribution in [0.1, 0.15) is 239 Å². The van der Waals surface area contributed by atoms with Crippen molar-refractivity contribution in [3.05, 3.63) is 48.6 Å². The van der Waals surface area contributed by atoms with Gasteiger partial charge in [0, 0.05) is 13.0 Å². The molecule has 2 aliphatic rings. The van der Waals surface area contributed by atoms with E-state index in [4.69, 9.17) is 28.4 Å². The van der Waals surface area contributed by atoms with Crippen LogP contribution in [0.5, 0.6) is 0 Å². The van der Waals surface area contributed by atoms with E-state index in [1.165, 1.54) is 128 Å². The number of allylic oxidation sites excluding steroid dienone is 8. The maximum atomic E-state index is 13.1. The molecule has 11 atom stereocenters. The van der Waals surface area contributed by atoms with E-state index >= 15 is 0 Å². The number of hydrogen-bond donors (Lipinski definition) is 7. The second-order valence-electron chi connectivity index (χ2n) is 21.5. The van der Waals surface area contributed by atoms with Crippen LogP contribution >= 0.6 is 0 Å². The summed E-state index contributed by atoms with van der Waals surface area (Å²) in [5.41, 5.74) is 0. The minimum absolute atomic E-state index is 0.0503. The van der Waals surface area contributed by atoms with Gasteiger partial charge < -0.3 is 64.2 Å². The molecule has 0 aromatic carbocycles. The number of aliphatic hydroxyl groups is 7. The summed E-state index contributed by atoms with van der Waals surface area (Å²) in [7, 11) is 0. The third-order valence-corrected chi connectivity index (χ3v) is 14.6. The summed E-state index contributed by atoms with van der Waals surface area (Å²) in [6.45, 7) is 3.57. The van der Waals surface area contributed by atoms with Gasteiger partial charge in [-0.3, -0.25) is 4.79 Å². The molecule has 0 spiro atoms. The first-order chi connectivity index (χ1) is 37.1. The van der Waals surface area contributed by atoms with Crippen molar-refractivity contribution in [2.75, 3.05) is 33.0 Å². The summed E-state index contributed by atoms with van der Waals surface area (Å²) in [6.07, 6.45) is 43.2. The van der Waals surface area contributed by atoms with Gasteiger partial charge in [0.2, 0.25) is 0 Å². The molecule has 2 fully saturated rings. The maximum Gasteiger partial charge on any atom is 0.306 e. The predicted molar refractivity (Wildman–Crippen MR) is 303 cm³/mol. The van der Waals surface area contributed by atoms with Gasteiger partial charge in [-0.2, -0.15) is 0 Å². The molecule has 0 saturated carbocycles. The molecule has 0 amide bonds. The van der Waals surface area contributed by atoms with Gasteiger partial charge in [-0.1, -0.05) is 229 Å². The smallest absolute Gasteiger partial charge is 0.306 e. The number of carbonyl (C=O) groups excluding carboxylic acids is 1. The van der Waals surface area contributed by atoms with Crippen molar-refractivity contribution in [3.63, 3.8) is 0 Å². The largest absolute Gasteiger partial charge is 0.457 e. The third-order valence-electron chi connectivity index (χ3n) is 14.6. The maximum absolute atomic E-state index is 13.1. The Bertz CT molecular complexity index is 1440. The van der Waals surface area contributed by atoms with E-state index in [1.54, 1.807) is 0 Å². The Kier molecular flexibility index (Phi) is 45.0. The van der Waals surface area contributed by atoms with E-state index in [0.29, 0.717) is 13.0 Å². The van der Waals surface area contributed by atoms with Crippen LogP contribution in [0.25, 0.3) is 0 Å². The monoisotopic (exact) mass is 1080 g/mol. The number of carbonyl (C=O) groups is 1. The van der Waals surface area contributed by atoms with Crippen molar-refractivity contribution in [1.29, 1.82) is 0 Å². The molecule has 2 heterocycles. The summed E-state index contributed by atoms with van der Waals surface area (Å²) in [5, 5.41) is 72.4. The van der Waals surface area contributed by atoms with Gasteiger partial charge in [-0.25, -0.2) is 0 Å². The average molecular weight is 1080 g/mol. The highest BCUT2D eigenvalue weighted by molar-refractivity contribution is 5.69. The fourth-order valence-electron chi connectivity index (χ4n) is 9.69. The van der Waals surface area contributed by atoms with E-state index in [9.17, 15) is 40.5 Å². The Balaban J connectivity index is 1.69. The second kappa shape index (κ2) is 48.8. The van der Waals surface area contributed by atoms with Crippen molar-refractivity contribution >= 4 is 5.97 Å². The van der Waals surface area contributed by atoms with Gasteiger partial charge in [-0.15, -0.1) is 0 Å². The van der Waals surface area contributed by atoms with Crippen molar-refractivity contribution in [1.82, 2.24) is 0 Å². The first kappa shape index (κ1) is 70.1. The van der Waals surface area contributed by atoms with E-state index in [-0.39, 0.29) is 25.6 Å². The number of rotatable bonds is 50. The molecule has 14 heteroatoms. The van der Waals surface area contributed by atoms with Crippen molar-refractivity contribution in [3.8, 4) is 0 Å². The van der Waals surface area contributed by atoms with E-state index < -0.39 is 80.7 Å². The molecule has 76 heavy (non-hydrogen) atoms. The van der Waals surface area contributed by atoms with Crippen LogP contribution in [0.15, 0.2) is 48.6 Å². The molecule has 2 saturated heterocycles. The van der Waals surface area contributed by atoms with Crippen LogP contribution in [-0.2, 0) is 33.2 Å². The summed E-state index contributed by atoms with van der Waals surface area (Å²) in [5.74, 6) is -0.379. The number of esters is 1. The van der Waals surface area contributed by atoms with Crippen molar-refractivity contribution in [2.24, 2.45) is 0 Å². The van der Waals surface area contributed by atoms with Gasteiger partial charge >= 0.3 is 5.97 Å². The fourth-order valence-corrected chi connectivity index (χ4v) is 9.69. The molecule has 0 aromatic heterocycles. The van der Waals surface area contributed by atoms with Gasteiger partial charge in [0.05, 0.1) is 26.4 Å². The molecule has 0 aromatic rings. The molecule has 444 valence electrons. The van der Waals surface area contributed by atoms with Gasteiger partial charge in [0.25, 0.3) is 0 Å². The lowest BCUT2D eigenvalue weighted by Crippen LogP contribution is -2.61. The topological polar surface area (TPSA) is 214 Å². The van der Waals surface area contributed by atoms with Crippen molar-refractivity contribution < 1.29 is 69.0 Å². The van der Waals surface area contributed by atoms with Crippen LogP contribution in [0.2, 0.25) is 0 Å². The highest BCUT2D eigenvalue weighted by Crippen LogP contribution is 2.27. The molecule has 2 aliphatic heterocycles. The van der Waals surface area contributed by atoms with Crippen LogP contribution in [0.4, 0.5) is 0 Å². The minimum Gasteiger partial charge on any atom is -0.457 e. The summed E-state index contributed by atoms with van der Waals surface area (Å²) in [4.78, 5) is 13.1. The minimum atomic E-state index is -1.71. The quantitative estimate of drug-likeness (QED) is 0.0172. The zero-order chi connectivity index (χ0) is 55.1. The predicted octanol–water partition coefficient (Wildman–Crippen LogP) is 11.5. The summed E-state index contributed by atoms with van der Waals surface area (Å²) < 4.78 is 34.4.